The van der Waals surface area contributed by atoms with Gasteiger partial charge in [0.15, 0.2) is 0 Å². The third-order valence-corrected chi connectivity index (χ3v) is 3.72. The van der Waals surface area contributed by atoms with E-state index in [9.17, 15) is 0 Å². The van der Waals surface area contributed by atoms with Crippen molar-refractivity contribution < 1.29 is 4.74 Å². The van der Waals surface area contributed by atoms with Crippen molar-refractivity contribution in [2.75, 3.05) is 18.5 Å². The highest BCUT2D eigenvalue weighted by Gasteiger charge is 2.22. The third kappa shape index (κ3) is 3.17. The Bertz CT molecular complexity index is 683. The van der Waals surface area contributed by atoms with Crippen molar-refractivity contribution in [3.63, 3.8) is 0 Å². The number of nitrogens with one attached hydrogen (secondary N) is 1. The van der Waals surface area contributed by atoms with Crippen LogP contribution in [0.4, 0.5) is 5.82 Å². The summed E-state index contributed by atoms with van der Waals surface area (Å²) in [6.45, 7) is 7.21. The number of ether oxygens (including phenoxy) is 1. The van der Waals surface area contributed by atoms with Crippen molar-refractivity contribution in [3.05, 3.63) is 35.8 Å². The molecule has 0 spiro atoms. The monoisotopic (exact) mass is 303 g/mol. The zero-order valence-corrected chi connectivity index (χ0v) is 12.8. The molecular weight excluding hydrogens is 286 g/mol. The summed E-state index contributed by atoms with van der Waals surface area (Å²) in [5, 5.41) is 5.89. The van der Waals surface area contributed by atoms with Gasteiger partial charge < -0.3 is 10.1 Å². The normalized spacial score (nSPS) is 14.4. The quantitative estimate of drug-likeness (QED) is 0.822. The summed E-state index contributed by atoms with van der Waals surface area (Å²) in [4.78, 5) is 8.72. The molecule has 110 valence electrons. The maximum absolute atomic E-state index is 6.06. The molecule has 0 unspecified atom stereocenters. The topological polar surface area (TPSA) is 47.0 Å². The lowest BCUT2D eigenvalue weighted by molar-refractivity contribution is 0.183. The second-order valence-corrected chi connectivity index (χ2v) is 5.62. The summed E-state index contributed by atoms with van der Waals surface area (Å²) in [6, 6.07) is 2.40. The van der Waals surface area contributed by atoms with Crippen LogP contribution in [0.5, 0.6) is 0 Å². The number of hydrogen-bond acceptors (Lipinski definition) is 4. The number of aromatic nitrogens is 2. The minimum atomic E-state index is 0.469. The van der Waals surface area contributed by atoms with E-state index in [2.05, 4.69) is 21.9 Å². The van der Waals surface area contributed by atoms with Gasteiger partial charge in [-0.05, 0) is 36.8 Å². The van der Waals surface area contributed by atoms with Gasteiger partial charge in [-0.1, -0.05) is 18.2 Å². The summed E-state index contributed by atoms with van der Waals surface area (Å²) in [5.41, 5.74) is 1.86. The second kappa shape index (κ2) is 6.00. The molecule has 0 radical (unpaired) electrons. The van der Waals surface area contributed by atoms with Crippen molar-refractivity contribution in [2.45, 2.75) is 25.8 Å². The molecule has 21 heavy (non-hydrogen) atoms. The molecule has 1 fully saturated rings. The molecule has 5 heteroatoms. The van der Waals surface area contributed by atoms with Gasteiger partial charge in [-0.25, -0.2) is 9.97 Å². The van der Waals surface area contributed by atoms with E-state index in [1.807, 2.05) is 19.2 Å². The number of fused-ring (bicyclic) bond motifs is 1. The van der Waals surface area contributed by atoms with E-state index in [4.69, 9.17) is 16.3 Å². The molecule has 1 aliphatic rings. The Hall–Kier alpha value is -1.65. The lowest BCUT2D eigenvalue weighted by Crippen LogP contribution is -2.05. The van der Waals surface area contributed by atoms with E-state index in [-0.39, 0.29) is 0 Å². The van der Waals surface area contributed by atoms with Gasteiger partial charge in [0.1, 0.15) is 11.0 Å². The zero-order valence-electron chi connectivity index (χ0n) is 12.0. The molecule has 1 saturated carbocycles. The first-order valence-electron chi connectivity index (χ1n) is 7.15. The van der Waals surface area contributed by atoms with E-state index in [0.717, 1.165) is 27.7 Å². The average molecular weight is 304 g/mol. The van der Waals surface area contributed by atoms with Crippen LogP contribution in [0, 0.1) is 0 Å². The zero-order chi connectivity index (χ0) is 14.8. The summed E-state index contributed by atoms with van der Waals surface area (Å²) in [6.07, 6.45) is 6.00. The highest BCUT2D eigenvalue weighted by molar-refractivity contribution is 6.30. The van der Waals surface area contributed by atoms with Crippen molar-refractivity contribution in [1.29, 1.82) is 0 Å². The summed E-state index contributed by atoms with van der Waals surface area (Å²) in [5.74, 6) is 0.865. The van der Waals surface area contributed by atoms with Crippen molar-refractivity contribution >= 4 is 33.8 Å². The molecule has 1 N–H and O–H groups in total. The molecule has 1 aliphatic carbocycles. The lowest BCUT2D eigenvalue weighted by atomic mass is 10.0. The highest BCUT2D eigenvalue weighted by Crippen LogP contribution is 2.32. The largest absolute Gasteiger partial charge is 0.377 e. The number of nitrogens with zero attached hydrogens (tertiary/aromatic N) is 2. The molecule has 2 heterocycles. The van der Waals surface area contributed by atoms with Gasteiger partial charge in [-0.3, -0.25) is 0 Å². The van der Waals surface area contributed by atoms with Gasteiger partial charge in [-0.15, -0.1) is 0 Å². The summed E-state index contributed by atoms with van der Waals surface area (Å²) in [7, 11) is 0. The van der Waals surface area contributed by atoms with Crippen LogP contribution in [-0.2, 0) is 4.74 Å². The molecular formula is C16H18ClN3O. The molecule has 0 bridgehead atoms. The fourth-order valence-corrected chi connectivity index (χ4v) is 2.39. The highest BCUT2D eigenvalue weighted by atomic mass is 35.5. The molecule has 0 saturated heterocycles. The Balaban J connectivity index is 2.03. The van der Waals surface area contributed by atoms with Gasteiger partial charge in [-0.2, -0.15) is 0 Å². The van der Waals surface area contributed by atoms with Crippen LogP contribution in [-0.4, -0.2) is 29.2 Å². The lowest BCUT2D eigenvalue weighted by Gasteiger charge is -2.13. The Morgan fingerprint density at radius 1 is 1.38 bits per heavy atom. The van der Waals surface area contributed by atoms with E-state index in [0.29, 0.717) is 24.4 Å². The summed E-state index contributed by atoms with van der Waals surface area (Å²) < 4.78 is 5.44. The summed E-state index contributed by atoms with van der Waals surface area (Å²) >= 11 is 6.06. The van der Waals surface area contributed by atoms with E-state index in [1.165, 1.54) is 12.8 Å². The number of rotatable bonds is 6. The number of anilines is 1. The van der Waals surface area contributed by atoms with Crippen LogP contribution in [0.1, 0.15) is 25.3 Å². The molecule has 3 rings (SSSR count). The number of hydrogen-bond donors (Lipinski definition) is 1. The van der Waals surface area contributed by atoms with Crippen LogP contribution in [0.25, 0.3) is 16.3 Å². The van der Waals surface area contributed by atoms with Crippen LogP contribution in [0.2, 0.25) is 5.15 Å². The Morgan fingerprint density at radius 2 is 2.19 bits per heavy atom. The van der Waals surface area contributed by atoms with Gasteiger partial charge >= 0.3 is 0 Å². The van der Waals surface area contributed by atoms with Gasteiger partial charge in [0.25, 0.3) is 0 Å². The van der Waals surface area contributed by atoms with E-state index >= 15 is 0 Å². The fraction of sp³-hybridized carbons (Fsp3) is 0.375. The minimum Gasteiger partial charge on any atom is -0.377 e. The smallest absolute Gasteiger partial charge is 0.135 e. The number of pyridine rings is 2. The van der Waals surface area contributed by atoms with Crippen molar-refractivity contribution in [2.24, 2.45) is 0 Å². The number of halogens is 1. The maximum Gasteiger partial charge on any atom is 0.135 e. The first-order chi connectivity index (χ1) is 10.2. The van der Waals surface area contributed by atoms with Crippen LogP contribution >= 0.6 is 11.6 Å². The Kier molecular flexibility index (Phi) is 4.08. The first-order valence-corrected chi connectivity index (χ1v) is 7.53. The molecule has 4 nitrogen and oxygen atoms in total. The minimum absolute atomic E-state index is 0.469. The fourth-order valence-electron chi connectivity index (χ4n) is 2.23. The maximum atomic E-state index is 6.06. The van der Waals surface area contributed by atoms with Crippen molar-refractivity contribution in [3.8, 4) is 0 Å². The molecule has 2 aromatic heterocycles. The van der Waals surface area contributed by atoms with Crippen LogP contribution < -0.4 is 5.32 Å². The predicted octanol–water partition coefficient (Wildman–Crippen LogP) is 3.91. The molecule has 0 atom stereocenters. The first kappa shape index (κ1) is 14.3. The van der Waals surface area contributed by atoms with Gasteiger partial charge in [0.05, 0.1) is 6.61 Å². The molecule has 2 aromatic rings. The average Bonchev–Trinajstić information content (AvgIpc) is 3.28. The SMILES string of the molecule is C=C(COCC)c1cnc(NC2CC2)c2cnc(Cl)cc12. The second-order valence-electron chi connectivity index (χ2n) is 5.23. The third-order valence-electron chi connectivity index (χ3n) is 3.52. The predicted molar refractivity (Wildman–Crippen MR) is 86.7 cm³/mol. The Labute approximate surface area is 129 Å². The van der Waals surface area contributed by atoms with Gasteiger partial charge in [0, 0.05) is 36.0 Å². The standard InChI is InChI=1S/C16H18ClN3O/c1-3-21-9-10(2)13-7-19-16(20-11-4-5-11)14-8-18-15(17)6-12(13)14/h6-8,11H,2-5,9H2,1H3,(H,19,20). The van der Waals surface area contributed by atoms with Crippen LogP contribution in [0.15, 0.2) is 25.0 Å². The van der Waals surface area contributed by atoms with Crippen LogP contribution in [0.3, 0.4) is 0 Å². The molecule has 0 aliphatic heterocycles. The Morgan fingerprint density at radius 3 is 2.90 bits per heavy atom. The molecule has 0 aromatic carbocycles. The molecule has 0 amide bonds. The van der Waals surface area contributed by atoms with E-state index < -0.39 is 0 Å². The van der Waals surface area contributed by atoms with E-state index in [1.54, 1.807) is 6.20 Å². The van der Waals surface area contributed by atoms with Crippen molar-refractivity contribution in [1.82, 2.24) is 9.97 Å². The van der Waals surface area contributed by atoms with Gasteiger partial charge in [0.2, 0.25) is 0 Å².